The van der Waals surface area contributed by atoms with Gasteiger partial charge in [-0.1, -0.05) is 17.7 Å². The molecule has 1 atom stereocenters. The minimum Gasteiger partial charge on any atom is -0.396 e. The summed E-state index contributed by atoms with van der Waals surface area (Å²) in [6, 6.07) is 2.59. The van der Waals surface area contributed by atoms with E-state index in [2.05, 4.69) is 0 Å². The quantitative estimate of drug-likeness (QED) is 0.870. The summed E-state index contributed by atoms with van der Waals surface area (Å²) in [6.45, 7) is -0.263. The van der Waals surface area contributed by atoms with E-state index in [4.69, 9.17) is 22.4 Å². The second kappa shape index (κ2) is 5.03. The molecule has 0 amide bonds. The summed E-state index contributed by atoms with van der Waals surface area (Å²) in [6.07, 6.45) is -4.42. The molecule has 1 rings (SSSR count). The van der Waals surface area contributed by atoms with Gasteiger partial charge >= 0.3 is 6.18 Å². The lowest BCUT2D eigenvalue weighted by Crippen LogP contribution is -2.18. The molecule has 3 N–H and O–H groups in total. The monoisotopic (exact) mass is 253 g/mol. The number of hydrogen-bond donors (Lipinski definition) is 2. The third kappa shape index (κ3) is 3.10. The van der Waals surface area contributed by atoms with Crippen molar-refractivity contribution in [1.29, 1.82) is 0 Å². The number of hydrogen-bond acceptors (Lipinski definition) is 2. The molecule has 0 spiro atoms. The fourth-order valence-electron chi connectivity index (χ4n) is 1.39. The van der Waals surface area contributed by atoms with Gasteiger partial charge in [-0.05, 0) is 24.1 Å². The number of aliphatic hydroxyl groups excluding tert-OH is 1. The lowest BCUT2D eigenvalue weighted by atomic mass is 9.98. The maximum Gasteiger partial charge on any atom is 0.416 e. The lowest BCUT2D eigenvalue weighted by Gasteiger charge is -2.17. The summed E-state index contributed by atoms with van der Waals surface area (Å²) in [5, 5.41) is 8.67. The zero-order chi connectivity index (χ0) is 12.3. The maximum absolute atomic E-state index is 12.7. The molecule has 0 unspecified atom stereocenters. The molecule has 0 fully saturated rings. The van der Waals surface area contributed by atoms with Crippen LogP contribution < -0.4 is 5.73 Å². The van der Waals surface area contributed by atoms with Gasteiger partial charge < -0.3 is 10.8 Å². The Balaban J connectivity index is 3.18. The van der Waals surface area contributed by atoms with Crippen LogP contribution in [0.4, 0.5) is 13.2 Å². The summed E-state index contributed by atoms with van der Waals surface area (Å²) >= 11 is 5.51. The van der Waals surface area contributed by atoms with Crippen molar-refractivity contribution in [2.24, 2.45) is 5.73 Å². The SMILES string of the molecule is N[C@H](CCO)c1ccc(Cl)cc1C(F)(F)F. The van der Waals surface area contributed by atoms with Crippen LogP contribution in [0.25, 0.3) is 0 Å². The van der Waals surface area contributed by atoms with Crippen molar-refractivity contribution in [3.63, 3.8) is 0 Å². The van der Waals surface area contributed by atoms with Crippen molar-refractivity contribution in [1.82, 2.24) is 0 Å². The average molecular weight is 254 g/mol. The Morgan fingerprint density at radius 1 is 1.38 bits per heavy atom. The van der Waals surface area contributed by atoms with E-state index in [9.17, 15) is 13.2 Å². The largest absolute Gasteiger partial charge is 0.416 e. The predicted octanol–water partition coefficient (Wildman–Crippen LogP) is 2.74. The summed E-state index contributed by atoms with van der Waals surface area (Å²) in [5.74, 6) is 0. The molecule has 6 heteroatoms. The molecule has 0 aromatic heterocycles. The van der Waals surface area contributed by atoms with Gasteiger partial charge in [0.05, 0.1) is 5.56 Å². The molecule has 2 nitrogen and oxygen atoms in total. The van der Waals surface area contributed by atoms with Crippen LogP contribution in [0.3, 0.4) is 0 Å². The molecule has 16 heavy (non-hydrogen) atoms. The number of rotatable bonds is 3. The zero-order valence-electron chi connectivity index (χ0n) is 8.26. The molecular weight excluding hydrogens is 243 g/mol. The zero-order valence-corrected chi connectivity index (χ0v) is 9.02. The van der Waals surface area contributed by atoms with Crippen LogP contribution in [0.15, 0.2) is 18.2 Å². The fraction of sp³-hybridized carbons (Fsp3) is 0.400. The summed E-state index contributed by atoms with van der Waals surface area (Å²) in [7, 11) is 0. The number of aliphatic hydroxyl groups is 1. The molecular formula is C10H11ClF3NO. The van der Waals surface area contributed by atoms with Crippen molar-refractivity contribution >= 4 is 11.6 Å². The molecule has 0 bridgehead atoms. The minimum absolute atomic E-state index is 0.00673. The molecule has 0 radical (unpaired) electrons. The van der Waals surface area contributed by atoms with Crippen molar-refractivity contribution in [3.8, 4) is 0 Å². The Morgan fingerprint density at radius 2 is 2.00 bits per heavy atom. The number of halogens is 4. The first-order valence-corrected chi connectivity index (χ1v) is 4.97. The second-order valence-electron chi connectivity index (χ2n) is 3.35. The van der Waals surface area contributed by atoms with Crippen LogP contribution >= 0.6 is 11.6 Å². The molecule has 0 heterocycles. The van der Waals surface area contributed by atoms with E-state index >= 15 is 0 Å². The number of benzene rings is 1. The Labute approximate surface area is 95.8 Å². The van der Waals surface area contributed by atoms with E-state index < -0.39 is 17.8 Å². The number of nitrogens with two attached hydrogens (primary N) is 1. The van der Waals surface area contributed by atoms with Crippen LogP contribution in [0, 0.1) is 0 Å². The molecule has 1 aromatic rings. The molecule has 0 saturated carbocycles. The van der Waals surface area contributed by atoms with E-state index in [-0.39, 0.29) is 23.6 Å². The normalized spacial score (nSPS) is 13.9. The smallest absolute Gasteiger partial charge is 0.396 e. The second-order valence-corrected chi connectivity index (χ2v) is 3.78. The van der Waals surface area contributed by atoms with E-state index in [1.54, 1.807) is 0 Å². The van der Waals surface area contributed by atoms with Gasteiger partial charge in [-0.25, -0.2) is 0 Å². The Kier molecular flexibility index (Phi) is 4.18. The van der Waals surface area contributed by atoms with Gasteiger partial charge in [0.2, 0.25) is 0 Å². The van der Waals surface area contributed by atoms with E-state index in [1.807, 2.05) is 0 Å². The van der Waals surface area contributed by atoms with Gasteiger partial charge in [-0.15, -0.1) is 0 Å². The first kappa shape index (κ1) is 13.3. The van der Waals surface area contributed by atoms with Crippen molar-refractivity contribution < 1.29 is 18.3 Å². The highest BCUT2D eigenvalue weighted by Gasteiger charge is 2.34. The van der Waals surface area contributed by atoms with E-state index in [0.29, 0.717) is 0 Å². The van der Waals surface area contributed by atoms with Gasteiger partial charge in [0.1, 0.15) is 0 Å². The first-order chi connectivity index (χ1) is 7.36. The van der Waals surface area contributed by atoms with Gasteiger partial charge in [0.25, 0.3) is 0 Å². The standard InChI is InChI=1S/C10H11ClF3NO/c11-6-1-2-7(9(15)3-4-16)8(5-6)10(12,13)14/h1-2,5,9,16H,3-4,15H2/t9-/m1/s1. The van der Waals surface area contributed by atoms with Crippen LogP contribution in [0.2, 0.25) is 5.02 Å². The molecule has 0 saturated heterocycles. The highest BCUT2D eigenvalue weighted by Crippen LogP contribution is 2.36. The Morgan fingerprint density at radius 3 is 2.50 bits per heavy atom. The van der Waals surface area contributed by atoms with Crippen molar-refractivity contribution in [3.05, 3.63) is 34.3 Å². The van der Waals surface area contributed by atoms with Gasteiger partial charge in [-0.3, -0.25) is 0 Å². The first-order valence-electron chi connectivity index (χ1n) is 4.59. The molecule has 0 aliphatic carbocycles. The van der Waals surface area contributed by atoms with Crippen LogP contribution in [-0.2, 0) is 6.18 Å². The van der Waals surface area contributed by atoms with Gasteiger partial charge in [0.15, 0.2) is 0 Å². The molecule has 90 valence electrons. The van der Waals surface area contributed by atoms with Crippen molar-refractivity contribution in [2.45, 2.75) is 18.6 Å². The van der Waals surface area contributed by atoms with Crippen molar-refractivity contribution in [2.75, 3.05) is 6.61 Å². The summed E-state index contributed by atoms with van der Waals surface area (Å²) < 4.78 is 38.0. The van der Waals surface area contributed by atoms with Gasteiger partial charge in [-0.2, -0.15) is 13.2 Å². The molecule has 0 aliphatic rings. The van der Waals surface area contributed by atoms with Crippen LogP contribution in [-0.4, -0.2) is 11.7 Å². The van der Waals surface area contributed by atoms with Crippen LogP contribution in [0.5, 0.6) is 0 Å². The summed E-state index contributed by atoms with van der Waals surface area (Å²) in [5.41, 5.74) is 4.65. The Bertz CT molecular complexity index is 368. The summed E-state index contributed by atoms with van der Waals surface area (Å²) in [4.78, 5) is 0. The molecule has 0 aliphatic heterocycles. The van der Waals surface area contributed by atoms with Crippen LogP contribution in [0.1, 0.15) is 23.6 Å². The lowest BCUT2D eigenvalue weighted by molar-refractivity contribution is -0.138. The number of alkyl halides is 3. The third-order valence-corrected chi connectivity index (χ3v) is 2.40. The third-order valence-electron chi connectivity index (χ3n) is 2.16. The maximum atomic E-state index is 12.7. The minimum atomic E-state index is -4.49. The van der Waals surface area contributed by atoms with E-state index in [0.717, 1.165) is 6.07 Å². The van der Waals surface area contributed by atoms with E-state index in [1.165, 1.54) is 12.1 Å². The van der Waals surface area contributed by atoms with Gasteiger partial charge in [0, 0.05) is 17.7 Å². The fourth-order valence-corrected chi connectivity index (χ4v) is 1.56. The molecule has 1 aromatic carbocycles. The topological polar surface area (TPSA) is 46.2 Å². The highest BCUT2D eigenvalue weighted by atomic mass is 35.5. The highest BCUT2D eigenvalue weighted by molar-refractivity contribution is 6.30. The average Bonchev–Trinajstić information content (AvgIpc) is 2.16. The predicted molar refractivity (Wildman–Crippen MR) is 55.1 cm³/mol. The Hall–Kier alpha value is -0.780.